The number of carbonyl (C=O) groups excluding carboxylic acids is 1. The Bertz CT molecular complexity index is 344. The van der Waals surface area contributed by atoms with Crippen LogP contribution in [0.4, 0.5) is 4.79 Å². The summed E-state index contributed by atoms with van der Waals surface area (Å²) in [7, 11) is 1.74. The molecule has 2 unspecified atom stereocenters. The van der Waals surface area contributed by atoms with Crippen LogP contribution in [-0.4, -0.2) is 41.6 Å². The monoisotopic (exact) mass is 282 g/mol. The first-order valence-corrected chi connectivity index (χ1v) is 7.41. The van der Waals surface area contributed by atoms with Crippen molar-refractivity contribution in [3.05, 3.63) is 12.7 Å². The summed E-state index contributed by atoms with van der Waals surface area (Å²) in [4.78, 5) is 25.0. The lowest BCUT2D eigenvalue weighted by Gasteiger charge is -2.26. The largest absolute Gasteiger partial charge is 0.481 e. The predicted molar refractivity (Wildman–Crippen MR) is 78.6 cm³/mol. The Morgan fingerprint density at radius 1 is 1.35 bits per heavy atom. The molecule has 2 atom stereocenters. The normalized spacial score (nSPS) is 22.6. The summed E-state index contributed by atoms with van der Waals surface area (Å²) in [5.41, 5.74) is 0. The van der Waals surface area contributed by atoms with Crippen LogP contribution >= 0.6 is 0 Å². The van der Waals surface area contributed by atoms with Crippen molar-refractivity contribution in [1.29, 1.82) is 0 Å². The number of carboxylic acids is 1. The molecule has 0 heterocycles. The van der Waals surface area contributed by atoms with Crippen molar-refractivity contribution in [3.63, 3.8) is 0 Å². The lowest BCUT2D eigenvalue weighted by Crippen LogP contribution is -2.48. The van der Waals surface area contributed by atoms with Crippen molar-refractivity contribution < 1.29 is 14.7 Å². The van der Waals surface area contributed by atoms with Gasteiger partial charge in [-0.25, -0.2) is 4.79 Å². The summed E-state index contributed by atoms with van der Waals surface area (Å²) in [6, 6.07) is -0.420. The highest BCUT2D eigenvalue weighted by atomic mass is 16.4. The van der Waals surface area contributed by atoms with Crippen LogP contribution in [0.5, 0.6) is 0 Å². The number of carbonyl (C=O) groups is 2. The highest BCUT2D eigenvalue weighted by molar-refractivity contribution is 5.76. The maximum absolute atomic E-state index is 12.1. The van der Waals surface area contributed by atoms with E-state index in [4.69, 9.17) is 0 Å². The third kappa shape index (κ3) is 5.23. The number of unbranched alkanes of at least 4 members (excludes halogenated alkanes) is 1. The molecule has 0 bridgehead atoms. The molecule has 1 fully saturated rings. The average molecular weight is 282 g/mol. The smallest absolute Gasteiger partial charge is 0.317 e. The number of hydrogen-bond donors (Lipinski definition) is 2. The van der Waals surface area contributed by atoms with Gasteiger partial charge in [-0.3, -0.25) is 4.79 Å². The van der Waals surface area contributed by atoms with E-state index in [1.54, 1.807) is 11.9 Å². The lowest BCUT2D eigenvalue weighted by atomic mass is 9.95. The fraction of sp³-hybridized carbons (Fsp3) is 0.733. The number of aliphatic carboxylic acids is 1. The second-order valence-corrected chi connectivity index (χ2v) is 5.49. The summed E-state index contributed by atoms with van der Waals surface area (Å²) in [5.74, 6) is -1.26. The van der Waals surface area contributed by atoms with Gasteiger partial charge in [0.05, 0.1) is 5.92 Å². The number of nitrogens with one attached hydrogen (secondary N) is 1. The van der Waals surface area contributed by atoms with E-state index < -0.39 is 11.9 Å². The third-order valence-electron chi connectivity index (χ3n) is 3.89. The lowest BCUT2D eigenvalue weighted by molar-refractivity contribution is -0.142. The minimum Gasteiger partial charge on any atom is -0.481 e. The molecule has 0 saturated heterocycles. The van der Waals surface area contributed by atoms with Gasteiger partial charge in [-0.15, -0.1) is 6.58 Å². The summed E-state index contributed by atoms with van der Waals surface area (Å²) in [6.07, 6.45) is 7.94. The van der Waals surface area contributed by atoms with Crippen LogP contribution in [0.1, 0.15) is 44.9 Å². The van der Waals surface area contributed by atoms with Gasteiger partial charge in [0.25, 0.3) is 0 Å². The van der Waals surface area contributed by atoms with E-state index in [1.165, 1.54) is 0 Å². The Hall–Kier alpha value is -1.52. The van der Waals surface area contributed by atoms with E-state index in [0.717, 1.165) is 38.5 Å². The third-order valence-corrected chi connectivity index (χ3v) is 3.89. The standard InChI is InChI=1S/C15H26N2O3/c1-3-4-8-11-17(2)15(20)16-13-10-7-5-6-9-12(13)14(18)19/h3,12-13H,1,4-11H2,2H3,(H,16,20)(H,18,19). The Morgan fingerprint density at radius 3 is 2.70 bits per heavy atom. The molecule has 0 spiro atoms. The zero-order valence-corrected chi connectivity index (χ0v) is 12.3. The molecule has 20 heavy (non-hydrogen) atoms. The first-order valence-electron chi connectivity index (χ1n) is 7.41. The van der Waals surface area contributed by atoms with Crippen LogP contribution < -0.4 is 5.32 Å². The van der Waals surface area contributed by atoms with E-state index in [2.05, 4.69) is 11.9 Å². The average Bonchev–Trinajstić information content (AvgIpc) is 2.64. The van der Waals surface area contributed by atoms with Crippen LogP contribution in [0, 0.1) is 5.92 Å². The molecule has 1 rings (SSSR count). The van der Waals surface area contributed by atoms with Crippen LogP contribution in [0.25, 0.3) is 0 Å². The molecule has 0 aromatic rings. The highest BCUT2D eigenvalue weighted by Crippen LogP contribution is 2.24. The fourth-order valence-electron chi connectivity index (χ4n) is 2.62. The Morgan fingerprint density at radius 2 is 2.05 bits per heavy atom. The Kier molecular flexibility index (Phi) is 7.12. The molecular weight excluding hydrogens is 256 g/mol. The zero-order valence-electron chi connectivity index (χ0n) is 12.3. The Labute approximate surface area is 121 Å². The Balaban J connectivity index is 2.51. The van der Waals surface area contributed by atoms with Crippen LogP contribution in [0.15, 0.2) is 12.7 Å². The molecule has 1 aliphatic rings. The van der Waals surface area contributed by atoms with Gasteiger partial charge in [0.15, 0.2) is 0 Å². The number of urea groups is 1. The fourth-order valence-corrected chi connectivity index (χ4v) is 2.62. The molecule has 1 saturated carbocycles. The van der Waals surface area contributed by atoms with Gasteiger partial charge in [0.1, 0.15) is 0 Å². The molecule has 0 radical (unpaired) electrons. The molecule has 5 heteroatoms. The van der Waals surface area contributed by atoms with Crippen molar-refractivity contribution in [3.8, 4) is 0 Å². The van der Waals surface area contributed by atoms with E-state index in [1.807, 2.05) is 6.08 Å². The van der Waals surface area contributed by atoms with Gasteiger partial charge < -0.3 is 15.3 Å². The summed E-state index contributed by atoms with van der Waals surface area (Å²) < 4.78 is 0. The molecular formula is C15H26N2O3. The van der Waals surface area contributed by atoms with E-state index in [0.29, 0.717) is 13.0 Å². The molecule has 1 aliphatic carbocycles. The van der Waals surface area contributed by atoms with E-state index in [9.17, 15) is 14.7 Å². The topological polar surface area (TPSA) is 69.6 Å². The van der Waals surface area contributed by atoms with E-state index in [-0.39, 0.29) is 12.1 Å². The van der Waals surface area contributed by atoms with Gasteiger partial charge >= 0.3 is 12.0 Å². The van der Waals surface area contributed by atoms with Gasteiger partial charge in [-0.05, 0) is 25.7 Å². The van der Waals surface area contributed by atoms with Gasteiger partial charge in [-0.2, -0.15) is 0 Å². The first-order chi connectivity index (χ1) is 9.56. The minimum absolute atomic E-state index is 0.174. The zero-order chi connectivity index (χ0) is 15.0. The van der Waals surface area contributed by atoms with Gasteiger partial charge in [0, 0.05) is 19.6 Å². The number of nitrogens with zero attached hydrogens (tertiary/aromatic N) is 1. The number of carboxylic acid groups (broad SMARTS) is 1. The molecule has 5 nitrogen and oxygen atoms in total. The number of amides is 2. The minimum atomic E-state index is -0.800. The predicted octanol–water partition coefficient (Wildman–Crippen LogP) is 2.63. The quantitative estimate of drug-likeness (QED) is 0.447. The maximum Gasteiger partial charge on any atom is 0.317 e. The molecule has 2 N–H and O–H groups in total. The van der Waals surface area contributed by atoms with Crippen LogP contribution in [-0.2, 0) is 4.79 Å². The molecule has 0 aliphatic heterocycles. The van der Waals surface area contributed by atoms with Crippen molar-refractivity contribution in [2.45, 2.75) is 51.0 Å². The van der Waals surface area contributed by atoms with Gasteiger partial charge in [-0.1, -0.05) is 25.3 Å². The summed E-state index contributed by atoms with van der Waals surface area (Å²) in [5, 5.41) is 12.2. The van der Waals surface area contributed by atoms with Gasteiger partial charge in [0.2, 0.25) is 0 Å². The van der Waals surface area contributed by atoms with E-state index >= 15 is 0 Å². The first kappa shape index (κ1) is 16.5. The number of hydrogen-bond acceptors (Lipinski definition) is 2. The van der Waals surface area contributed by atoms with Crippen molar-refractivity contribution in [2.24, 2.45) is 5.92 Å². The number of rotatable bonds is 6. The second-order valence-electron chi connectivity index (χ2n) is 5.49. The second kappa shape index (κ2) is 8.61. The molecule has 0 aromatic carbocycles. The van der Waals surface area contributed by atoms with Crippen molar-refractivity contribution in [1.82, 2.24) is 10.2 Å². The van der Waals surface area contributed by atoms with Crippen LogP contribution in [0.3, 0.4) is 0 Å². The maximum atomic E-state index is 12.1. The van der Waals surface area contributed by atoms with Crippen LogP contribution in [0.2, 0.25) is 0 Å². The SMILES string of the molecule is C=CCCCN(C)C(=O)NC1CCCCCC1C(=O)O. The van der Waals surface area contributed by atoms with Crippen molar-refractivity contribution >= 4 is 12.0 Å². The number of allylic oxidation sites excluding steroid dienone is 1. The highest BCUT2D eigenvalue weighted by Gasteiger charge is 2.31. The molecule has 2 amide bonds. The van der Waals surface area contributed by atoms with Crippen molar-refractivity contribution in [2.75, 3.05) is 13.6 Å². The summed E-state index contributed by atoms with van der Waals surface area (Å²) in [6.45, 7) is 4.31. The molecule has 0 aromatic heterocycles. The molecule has 114 valence electrons. The summed E-state index contributed by atoms with van der Waals surface area (Å²) >= 11 is 0.